The van der Waals surface area contributed by atoms with Crippen LogP contribution in [0, 0.1) is 6.92 Å². The summed E-state index contributed by atoms with van der Waals surface area (Å²) < 4.78 is 11.5. The van der Waals surface area contributed by atoms with E-state index < -0.39 is 0 Å². The lowest BCUT2D eigenvalue weighted by molar-refractivity contribution is -0.133. The van der Waals surface area contributed by atoms with Crippen LogP contribution in [0.25, 0.3) is 0 Å². The van der Waals surface area contributed by atoms with Crippen molar-refractivity contribution in [3.8, 4) is 5.75 Å². The van der Waals surface area contributed by atoms with Gasteiger partial charge in [-0.15, -0.1) is 0 Å². The van der Waals surface area contributed by atoms with E-state index in [9.17, 15) is 4.79 Å². The fourth-order valence-electron chi connectivity index (χ4n) is 3.64. The number of carbonyl (C=O) groups excluding carboxylic acids is 1. The quantitative estimate of drug-likeness (QED) is 0.775. The molecule has 26 heavy (non-hydrogen) atoms. The van der Waals surface area contributed by atoms with Gasteiger partial charge in [-0.05, 0) is 19.9 Å². The third-order valence-electron chi connectivity index (χ3n) is 5.43. The summed E-state index contributed by atoms with van der Waals surface area (Å²) in [4.78, 5) is 21.1. The molecule has 8 heteroatoms. The highest BCUT2D eigenvalue weighted by atomic mass is 35.5. The van der Waals surface area contributed by atoms with Crippen LogP contribution in [0.1, 0.15) is 18.4 Å². The van der Waals surface area contributed by atoms with Crippen LogP contribution in [0.15, 0.2) is 6.20 Å². The minimum atomic E-state index is 0.133. The molecule has 1 amide bonds. The number of amides is 1. The van der Waals surface area contributed by atoms with Crippen molar-refractivity contribution in [2.75, 3.05) is 50.9 Å². The second-order valence-electron chi connectivity index (χ2n) is 7.15. The van der Waals surface area contributed by atoms with Crippen LogP contribution >= 0.6 is 11.6 Å². The van der Waals surface area contributed by atoms with Crippen LogP contribution in [0.4, 0.5) is 5.82 Å². The number of carbonyl (C=O) groups is 1. The molecule has 2 fully saturated rings. The zero-order valence-corrected chi connectivity index (χ0v) is 15.8. The molecule has 0 aromatic carbocycles. The fourth-order valence-corrected chi connectivity index (χ4v) is 3.78. The molecule has 3 aliphatic rings. The Bertz CT molecular complexity index is 683. The molecule has 3 aliphatic heterocycles. The van der Waals surface area contributed by atoms with Crippen molar-refractivity contribution in [3.63, 3.8) is 0 Å². The minimum Gasteiger partial charge on any atom is -0.487 e. The highest BCUT2D eigenvalue weighted by Gasteiger charge is 2.36. The van der Waals surface area contributed by atoms with Gasteiger partial charge in [-0.2, -0.15) is 0 Å². The summed E-state index contributed by atoms with van der Waals surface area (Å²) in [5.41, 5.74) is 0.923. The first kappa shape index (κ1) is 17.8. The molecule has 1 N–H and O–H groups in total. The van der Waals surface area contributed by atoms with Crippen molar-refractivity contribution in [3.05, 3.63) is 16.8 Å². The van der Waals surface area contributed by atoms with Gasteiger partial charge in [-0.3, -0.25) is 4.79 Å². The highest BCUT2D eigenvalue weighted by molar-refractivity contribution is 6.31. The molecule has 4 heterocycles. The first-order valence-corrected chi connectivity index (χ1v) is 9.64. The number of halogens is 1. The largest absolute Gasteiger partial charge is 0.487 e. The molecule has 0 saturated carbocycles. The number of ether oxygens (including phenoxy) is 2. The van der Waals surface area contributed by atoms with E-state index in [1.165, 1.54) is 0 Å². The number of nitrogens with one attached hydrogen (secondary N) is 1. The summed E-state index contributed by atoms with van der Waals surface area (Å²) in [5.74, 6) is 1.76. The summed E-state index contributed by atoms with van der Waals surface area (Å²) in [6.07, 6.45) is 3.27. The Labute approximate surface area is 158 Å². The van der Waals surface area contributed by atoms with Crippen molar-refractivity contribution >= 4 is 23.3 Å². The van der Waals surface area contributed by atoms with Crippen molar-refractivity contribution < 1.29 is 14.3 Å². The third-order valence-corrected chi connectivity index (χ3v) is 5.82. The predicted octanol–water partition coefficient (Wildman–Crippen LogP) is 1.22. The molecule has 1 aromatic rings. The number of nitrogens with zero attached hydrogens (tertiary/aromatic N) is 3. The smallest absolute Gasteiger partial charge is 0.225 e. The monoisotopic (exact) mass is 380 g/mol. The molecule has 2 atom stereocenters. The second kappa shape index (κ2) is 7.58. The lowest BCUT2D eigenvalue weighted by Crippen LogP contribution is -2.58. The molecule has 0 radical (unpaired) electrons. The Morgan fingerprint density at radius 3 is 3.12 bits per heavy atom. The summed E-state index contributed by atoms with van der Waals surface area (Å²) in [6.45, 7) is 6.86. The van der Waals surface area contributed by atoms with Crippen molar-refractivity contribution in [2.45, 2.75) is 31.8 Å². The maximum atomic E-state index is 12.5. The fraction of sp³-hybridized carbons (Fsp3) is 0.667. The summed E-state index contributed by atoms with van der Waals surface area (Å²) in [5, 5.41) is 3.91. The van der Waals surface area contributed by atoms with E-state index >= 15 is 0 Å². The Morgan fingerprint density at radius 1 is 1.50 bits per heavy atom. The number of fused-ring (bicyclic) bond motifs is 3. The van der Waals surface area contributed by atoms with E-state index in [0.717, 1.165) is 36.6 Å². The maximum Gasteiger partial charge on any atom is 0.225 e. The first-order chi connectivity index (χ1) is 12.6. The Kier molecular flexibility index (Phi) is 5.20. The number of rotatable bonds is 5. The van der Waals surface area contributed by atoms with Crippen LogP contribution < -0.4 is 15.0 Å². The normalized spacial score (nSPS) is 24.4. The summed E-state index contributed by atoms with van der Waals surface area (Å²) in [7, 11) is 0. The molecular formula is C18H25ClN4O3. The number of piperazine rings is 1. The SMILES string of the molecule is Cc1c(Cl)cnc2c1OCC1CN(C(=O)CCOCC3CCN3)CCN21. The molecular weight excluding hydrogens is 356 g/mol. The van der Waals surface area contributed by atoms with Gasteiger partial charge in [0.25, 0.3) is 0 Å². The van der Waals surface area contributed by atoms with Gasteiger partial charge in [0.1, 0.15) is 6.61 Å². The van der Waals surface area contributed by atoms with Crippen LogP contribution in [-0.2, 0) is 9.53 Å². The average molecular weight is 381 g/mol. The summed E-state index contributed by atoms with van der Waals surface area (Å²) >= 11 is 6.15. The third kappa shape index (κ3) is 3.48. The zero-order valence-electron chi connectivity index (χ0n) is 15.0. The standard InChI is InChI=1S/C18H25ClN4O3/c1-12-15(19)8-21-18-17(12)26-11-14-9-22(5-6-23(14)18)16(24)3-7-25-10-13-2-4-20-13/h8,13-14,20H,2-7,9-11H2,1H3. The second-order valence-corrected chi connectivity index (χ2v) is 7.55. The van der Waals surface area contributed by atoms with Crippen molar-refractivity contribution in [2.24, 2.45) is 0 Å². The van der Waals surface area contributed by atoms with Crippen molar-refractivity contribution in [1.29, 1.82) is 0 Å². The van der Waals surface area contributed by atoms with Crippen molar-refractivity contribution in [1.82, 2.24) is 15.2 Å². The Morgan fingerprint density at radius 2 is 2.35 bits per heavy atom. The molecule has 1 aromatic heterocycles. The lowest BCUT2D eigenvalue weighted by Gasteiger charge is -2.45. The van der Waals surface area contributed by atoms with Gasteiger partial charge in [0.2, 0.25) is 5.91 Å². The van der Waals surface area contributed by atoms with Gasteiger partial charge >= 0.3 is 0 Å². The topological polar surface area (TPSA) is 66.9 Å². The van der Waals surface area contributed by atoms with E-state index in [2.05, 4.69) is 15.2 Å². The zero-order chi connectivity index (χ0) is 18.1. The summed E-state index contributed by atoms with van der Waals surface area (Å²) in [6, 6.07) is 0.603. The van der Waals surface area contributed by atoms with E-state index in [1.807, 2.05) is 11.8 Å². The van der Waals surface area contributed by atoms with E-state index in [-0.39, 0.29) is 11.9 Å². The number of hydrogen-bond acceptors (Lipinski definition) is 6. The van der Waals surface area contributed by atoms with Gasteiger partial charge in [-0.25, -0.2) is 4.98 Å². The van der Waals surface area contributed by atoms with Gasteiger partial charge < -0.3 is 24.6 Å². The van der Waals surface area contributed by atoms with Crippen LogP contribution in [0.5, 0.6) is 5.75 Å². The van der Waals surface area contributed by atoms with E-state index in [0.29, 0.717) is 50.4 Å². The van der Waals surface area contributed by atoms with E-state index in [4.69, 9.17) is 21.1 Å². The maximum absolute atomic E-state index is 12.5. The predicted molar refractivity (Wildman–Crippen MR) is 99.0 cm³/mol. The molecule has 142 valence electrons. The molecule has 2 unspecified atom stereocenters. The molecule has 2 saturated heterocycles. The van der Waals surface area contributed by atoms with Gasteiger partial charge in [0.05, 0.1) is 30.7 Å². The van der Waals surface area contributed by atoms with Gasteiger partial charge in [0, 0.05) is 37.4 Å². The number of aromatic nitrogens is 1. The van der Waals surface area contributed by atoms with Gasteiger partial charge in [0.15, 0.2) is 11.6 Å². The first-order valence-electron chi connectivity index (χ1n) is 9.27. The molecule has 0 spiro atoms. The minimum absolute atomic E-state index is 0.133. The Balaban J connectivity index is 1.30. The Hall–Kier alpha value is -1.57. The number of pyridine rings is 1. The van der Waals surface area contributed by atoms with Crippen LogP contribution in [0.2, 0.25) is 5.02 Å². The molecule has 7 nitrogen and oxygen atoms in total. The lowest BCUT2D eigenvalue weighted by atomic mass is 10.1. The van der Waals surface area contributed by atoms with Crippen LogP contribution in [0.3, 0.4) is 0 Å². The van der Waals surface area contributed by atoms with Gasteiger partial charge in [-0.1, -0.05) is 11.6 Å². The molecule has 4 rings (SSSR count). The van der Waals surface area contributed by atoms with Crippen LogP contribution in [-0.4, -0.2) is 73.9 Å². The highest BCUT2D eigenvalue weighted by Crippen LogP contribution is 2.38. The average Bonchev–Trinajstić information content (AvgIpc) is 2.62. The molecule has 0 aliphatic carbocycles. The van der Waals surface area contributed by atoms with E-state index in [1.54, 1.807) is 6.20 Å². The number of hydrogen-bond donors (Lipinski definition) is 1. The number of anilines is 1. The molecule has 0 bridgehead atoms.